The third-order valence-corrected chi connectivity index (χ3v) is 3.94. The lowest BCUT2D eigenvalue weighted by molar-refractivity contribution is -0.130. The molecule has 122 valence electrons. The van der Waals surface area contributed by atoms with Gasteiger partial charge in [0.15, 0.2) is 0 Å². The smallest absolute Gasteiger partial charge is 0.271 e. The van der Waals surface area contributed by atoms with Gasteiger partial charge in [0.2, 0.25) is 5.91 Å². The molecule has 0 spiro atoms. The van der Waals surface area contributed by atoms with E-state index in [0.29, 0.717) is 18.7 Å². The molecule has 2 amide bonds. The lowest BCUT2D eigenvalue weighted by Gasteiger charge is -2.20. The predicted molar refractivity (Wildman–Crippen MR) is 84.6 cm³/mol. The fourth-order valence-electron chi connectivity index (χ4n) is 2.71. The van der Waals surface area contributed by atoms with Crippen molar-refractivity contribution < 1.29 is 9.59 Å². The zero-order valence-corrected chi connectivity index (χ0v) is 13.4. The Bertz CT molecular complexity index is 498. The quantitative estimate of drug-likeness (QED) is 0.755. The van der Waals surface area contributed by atoms with E-state index in [1.165, 1.54) is 0 Å². The monoisotopic (exact) mass is 306 g/mol. The number of nitrogens with one attached hydrogen (secondary N) is 2. The Balaban J connectivity index is 1.68. The molecular formula is C16H26N4O2. The van der Waals surface area contributed by atoms with Crippen molar-refractivity contribution in [3.63, 3.8) is 0 Å². The van der Waals surface area contributed by atoms with E-state index < -0.39 is 0 Å². The number of aromatic amines is 1. The minimum absolute atomic E-state index is 0.152. The minimum Gasteiger partial charge on any atom is -0.351 e. The number of aryl methyl sites for hydroxylation is 1. The molecule has 0 bridgehead atoms. The Kier molecular flexibility index (Phi) is 6.43. The van der Waals surface area contributed by atoms with Gasteiger partial charge in [0, 0.05) is 31.7 Å². The first-order chi connectivity index (χ1) is 10.7. The molecule has 1 saturated heterocycles. The average Bonchev–Trinajstić information content (AvgIpc) is 2.88. The molecule has 0 saturated carbocycles. The second-order valence-corrected chi connectivity index (χ2v) is 5.83. The molecule has 0 aromatic carbocycles. The SMILES string of the molecule is CCCc1cc(C(=O)NCCCN2CCCCCC2=O)n[nH]1. The van der Waals surface area contributed by atoms with Crippen molar-refractivity contribution >= 4 is 11.8 Å². The van der Waals surface area contributed by atoms with Gasteiger partial charge in [-0.1, -0.05) is 19.8 Å². The van der Waals surface area contributed by atoms with E-state index >= 15 is 0 Å². The van der Waals surface area contributed by atoms with Gasteiger partial charge in [-0.05, 0) is 31.7 Å². The second-order valence-electron chi connectivity index (χ2n) is 5.83. The van der Waals surface area contributed by atoms with Crippen molar-refractivity contribution in [1.82, 2.24) is 20.4 Å². The van der Waals surface area contributed by atoms with Gasteiger partial charge in [0.1, 0.15) is 5.69 Å². The summed E-state index contributed by atoms with van der Waals surface area (Å²) in [6.07, 6.45) is 6.60. The zero-order valence-electron chi connectivity index (χ0n) is 13.4. The Morgan fingerprint density at radius 2 is 2.27 bits per heavy atom. The molecule has 2 N–H and O–H groups in total. The van der Waals surface area contributed by atoms with Gasteiger partial charge >= 0.3 is 0 Å². The van der Waals surface area contributed by atoms with E-state index in [0.717, 1.165) is 57.3 Å². The van der Waals surface area contributed by atoms with Crippen LogP contribution in [0, 0.1) is 0 Å². The summed E-state index contributed by atoms with van der Waals surface area (Å²) in [5.74, 6) is 0.0983. The highest BCUT2D eigenvalue weighted by Crippen LogP contribution is 2.11. The molecule has 0 radical (unpaired) electrons. The molecule has 22 heavy (non-hydrogen) atoms. The van der Waals surface area contributed by atoms with Gasteiger partial charge in [-0.3, -0.25) is 14.7 Å². The lowest BCUT2D eigenvalue weighted by atomic mass is 10.2. The Labute approximate surface area is 131 Å². The third-order valence-electron chi connectivity index (χ3n) is 3.94. The number of nitrogens with zero attached hydrogens (tertiary/aromatic N) is 2. The van der Waals surface area contributed by atoms with Crippen molar-refractivity contribution in [2.75, 3.05) is 19.6 Å². The van der Waals surface area contributed by atoms with Crippen molar-refractivity contribution in [3.8, 4) is 0 Å². The largest absolute Gasteiger partial charge is 0.351 e. The molecule has 0 unspecified atom stereocenters. The average molecular weight is 306 g/mol. The van der Waals surface area contributed by atoms with E-state index in [1.54, 1.807) is 6.07 Å². The molecule has 1 aromatic heterocycles. The van der Waals surface area contributed by atoms with Gasteiger partial charge in [0.25, 0.3) is 5.91 Å². The predicted octanol–water partition coefficient (Wildman–Crippen LogP) is 1.88. The topological polar surface area (TPSA) is 78.1 Å². The van der Waals surface area contributed by atoms with Crippen molar-refractivity contribution in [3.05, 3.63) is 17.5 Å². The first-order valence-corrected chi connectivity index (χ1v) is 8.31. The van der Waals surface area contributed by atoms with Gasteiger partial charge in [-0.25, -0.2) is 0 Å². The molecule has 0 atom stereocenters. The summed E-state index contributed by atoms with van der Waals surface area (Å²) in [5, 5.41) is 9.77. The van der Waals surface area contributed by atoms with Gasteiger partial charge < -0.3 is 10.2 Å². The Morgan fingerprint density at radius 3 is 3.09 bits per heavy atom. The van der Waals surface area contributed by atoms with Crippen LogP contribution in [0.25, 0.3) is 0 Å². The molecule has 1 aliphatic rings. The fraction of sp³-hybridized carbons (Fsp3) is 0.688. The number of hydrogen-bond acceptors (Lipinski definition) is 3. The van der Waals surface area contributed by atoms with Crippen LogP contribution < -0.4 is 5.32 Å². The maximum Gasteiger partial charge on any atom is 0.271 e. The first kappa shape index (κ1) is 16.5. The first-order valence-electron chi connectivity index (χ1n) is 8.31. The number of aromatic nitrogens is 2. The summed E-state index contributed by atoms with van der Waals surface area (Å²) in [6, 6.07) is 1.80. The summed E-state index contributed by atoms with van der Waals surface area (Å²) >= 11 is 0. The number of hydrogen-bond donors (Lipinski definition) is 2. The maximum atomic E-state index is 12.0. The molecule has 6 heteroatoms. The van der Waals surface area contributed by atoms with Crippen LogP contribution >= 0.6 is 0 Å². The Morgan fingerprint density at radius 1 is 1.41 bits per heavy atom. The highest BCUT2D eigenvalue weighted by Gasteiger charge is 2.16. The highest BCUT2D eigenvalue weighted by atomic mass is 16.2. The number of rotatable bonds is 7. The molecule has 1 fully saturated rings. The number of H-pyrrole nitrogens is 1. The Hall–Kier alpha value is -1.85. The number of carbonyl (C=O) groups excluding carboxylic acids is 2. The van der Waals surface area contributed by atoms with Crippen LogP contribution in [0.5, 0.6) is 0 Å². The van der Waals surface area contributed by atoms with Crippen LogP contribution in [0.4, 0.5) is 0 Å². The molecule has 1 aliphatic heterocycles. The fourth-order valence-corrected chi connectivity index (χ4v) is 2.71. The van der Waals surface area contributed by atoms with Crippen LogP contribution in [-0.2, 0) is 11.2 Å². The molecule has 0 aliphatic carbocycles. The van der Waals surface area contributed by atoms with Gasteiger partial charge in [-0.2, -0.15) is 5.10 Å². The van der Waals surface area contributed by atoms with Crippen LogP contribution in [0.3, 0.4) is 0 Å². The number of carbonyl (C=O) groups is 2. The van der Waals surface area contributed by atoms with Crippen LogP contribution in [0.15, 0.2) is 6.07 Å². The number of likely N-dealkylation sites (tertiary alicyclic amines) is 1. The van der Waals surface area contributed by atoms with E-state index in [2.05, 4.69) is 22.4 Å². The van der Waals surface area contributed by atoms with Crippen LogP contribution in [0.1, 0.15) is 61.6 Å². The summed E-state index contributed by atoms with van der Waals surface area (Å²) in [6.45, 7) is 4.23. The van der Waals surface area contributed by atoms with Gasteiger partial charge in [-0.15, -0.1) is 0 Å². The van der Waals surface area contributed by atoms with Crippen molar-refractivity contribution in [1.29, 1.82) is 0 Å². The van der Waals surface area contributed by atoms with Gasteiger partial charge in [0.05, 0.1) is 0 Å². The minimum atomic E-state index is -0.152. The standard InChI is InChI=1S/C16H26N4O2/c1-2-7-13-12-14(19-18-13)16(22)17-9-6-11-20-10-5-3-4-8-15(20)21/h12H,2-11H2,1H3,(H,17,22)(H,18,19). The van der Waals surface area contributed by atoms with Crippen molar-refractivity contribution in [2.45, 2.75) is 51.9 Å². The molecule has 6 nitrogen and oxygen atoms in total. The van der Waals surface area contributed by atoms with Crippen LogP contribution in [0.2, 0.25) is 0 Å². The van der Waals surface area contributed by atoms with Crippen molar-refractivity contribution in [2.24, 2.45) is 0 Å². The molecule has 1 aromatic rings. The summed E-state index contributed by atoms with van der Waals surface area (Å²) in [4.78, 5) is 25.7. The third kappa shape index (κ3) is 4.86. The highest BCUT2D eigenvalue weighted by molar-refractivity contribution is 5.92. The second kappa shape index (κ2) is 8.56. The van der Waals surface area contributed by atoms with Crippen LogP contribution in [-0.4, -0.2) is 46.5 Å². The molecular weight excluding hydrogens is 280 g/mol. The van der Waals surface area contributed by atoms with E-state index in [9.17, 15) is 9.59 Å². The summed E-state index contributed by atoms with van der Waals surface area (Å²) in [7, 11) is 0. The number of amides is 2. The van der Waals surface area contributed by atoms with E-state index in [1.807, 2.05) is 4.90 Å². The zero-order chi connectivity index (χ0) is 15.8. The molecule has 2 heterocycles. The summed E-state index contributed by atoms with van der Waals surface area (Å²) < 4.78 is 0. The van der Waals surface area contributed by atoms with E-state index in [-0.39, 0.29) is 11.8 Å². The molecule has 2 rings (SSSR count). The van der Waals surface area contributed by atoms with E-state index in [4.69, 9.17) is 0 Å². The lowest BCUT2D eigenvalue weighted by Crippen LogP contribution is -2.34. The normalized spacial score (nSPS) is 15.7. The maximum absolute atomic E-state index is 12.0. The summed E-state index contributed by atoms with van der Waals surface area (Å²) in [5.41, 5.74) is 1.43.